The van der Waals surface area contributed by atoms with Crippen LogP contribution in [0.25, 0.3) is 11.0 Å². The highest BCUT2D eigenvalue weighted by Gasteiger charge is 2.18. The summed E-state index contributed by atoms with van der Waals surface area (Å²) in [6, 6.07) is 13.7. The summed E-state index contributed by atoms with van der Waals surface area (Å²) < 4.78 is 6.71. The van der Waals surface area contributed by atoms with Crippen molar-refractivity contribution >= 4 is 26.9 Å². The molecule has 1 unspecified atom stereocenters. The van der Waals surface area contributed by atoms with Crippen LogP contribution in [0, 0.1) is 13.8 Å². The number of hydrogen-bond acceptors (Lipinski definition) is 2. The standard InChI is InChI=1S/C17H15BrO2/c1-10-5-3-7-13(11(10)2)16(19)15-9-12-6-4-8-14(18)17(12)20-15/h3-9,16,19H,1-2H3. The van der Waals surface area contributed by atoms with Gasteiger partial charge in [0.25, 0.3) is 0 Å². The molecule has 0 aliphatic carbocycles. The fraction of sp³-hybridized carbons (Fsp3) is 0.176. The summed E-state index contributed by atoms with van der Waals surface area (Å²) in [7, 11) is 0. The van der Waals surface area contributed by atoms with E-state index in [2.05, 4.69) is 15.9 Å². The fourth-order valence-corrected chi connectivity index (χ4v) is 2.87. The normalized spacial score (nSPS) is 12.8. The maximum Gasteiger partial charge on any atom is 0.148 e. The quantitative estimate of drug-likeness (QED) is 0.725. The van der Waals surface area contributed by atoms with Crippen LogP contribution in [0.1, 0.15) is 28.6 Å². The number of para-hydroxylation sites is 1. The summed E-state index contributed by atoms with van der Waals surface area (Å²) >= 11 is 3.47. The van der Waals surface area contributed by atoms with Gasteiger partial charge >= 0.3 is 0 Å². The summed E-state index contributed by atoms with van der Waals surface area (Å²) in [6.45, 7) is 4.06. The van der Waals surface area contributed by atoms with E-state index in [0.29, 0.717) is 5.76 Å². The molecule has 0 fully saturated rings. The van der Waals surface area contributed by atoms with E-state index in [1.165, 1.54) is 5.56 Å². The monoisotopic (exact) mass is 330 g/mol. The van der Waals surface area contributed by atoms with Crippen molar-refractivity contribution in [1.29, 1.82) is 0 Å². The number of aliphatic hydroxyl groups excluding tert-OH is 1. The first-order chi connectivity index (χ1) is 9.58. The van der Waals surface area contributed by atoms with Crippen molar-refractivity contribution in [2.24, 2.45) is 0 Å². The van der Waals surface area contributed by atoms with Crippen LogP contribution in [-0.2, 0) is 0 Å². The molecule has 1 heterocycles. The van der Waals surface area contributed by atoms with Crippen molar-refractivity contribution in [2.45, 2.75) is 20.0 Å². The minimum atomic E-state index is -0.741. The minimum Gasteiger partial charge on any atom is -0.457 e. The van der Waals surface area contributed by atoms with Gasteiger partial charge in [-0.15, -0.1) is 0 Å². The van der Waals surface area contributed by atoms with Crippen LogP contribution >= 0.6 is 15.9 Å². The Balaban J connectivity index is 2.10. The predicted octanol–water partition coefficient (Wildman–Crippen LogP) is 4.89. The number of aryl methyl sites for hydroxylation is 1. The fourth-order valence-electron chi connectivity index (χ4n) is 2.41. The number of halogens is 1. The Hall–Kier alpha value is -1.58. The van der Waals surface area contributed by atoms with Gasteiger partial charge in [-0.3, -0.25) is 0 Å². The van der Waals surface area contributed by atoms with Crippen LogP contribution in [0.15, 0.2) is 51.4 Å². The molecule has 0 spiro atoms. The second-order valence-electron chi connectivity index (χ2n) is 5.00. The Morgan fingerprint density at radius 3 is 2.60 bits per heavy atom. The van der Waals surface area contributed by atoms with Crippen molar-refractivity contribution in [2.75, 3.05) is 0 Å². The third-order valence-electron chi connectivity index (χ3n) is 3.73. The number of fused-ring (bicyclic) bond motifs is 1. The molecule has 0 radical (unpaired) electrons. The van der Waals surface area contributed by atoms with Gasteiger partial charge in [0.15, 0.2) is 0 Å². The van der Waals surface area contributed by atoms with Crippen molar-refractivity contribution in [3.05, 3.63) is 69.4 Å². The summed E-state index contributed by atoms with van der Waals surface area (Å²) in [5.41, 5.74) is 3.92. The SMILES string of the molecule is Cc1cccc(C(O)c2cc3cccc(Br)c3o2)c1C. The van der Waals surface area contributed by atoms with Gasteiger partial charge in [-0.25, -0.2) is 0 Å². The molecule has 102 valence electrons. The van der Waals surface area contributed by atoms with Gasteiger partial charge in [-0.2, -0.15) is 0 Å². The van der Waals surface area contributed by atoms with Crippen LogP contribution in [0.3, 0.4) is 0 Å². The summed E-state index contributed by atoms with van der Waals surface area (Å²) in [4.78, 5) is 0. The third kappa shape index (κ3) is 2.17. The maximum atomic E-state index is 10.6. The Morgan fingerprint density at radius 2 is 1.85 bits per heavy atom. The molecule has 3 heteroatoms. The summed E-state index contributed by atoms with van der Waals surface area (Å²) in [5, 5.41) is 11.6. The smallest absolute Gasteiger partial charge is 0.148 e. The van der Waals surface area contributed by atoms with E-state index in [1.54, 1.807) is 0 Å². The van der Waals surface area contributed by atoms with Gasteiger partial charge in [-0.1, -0.05) is 30.3 Å². The molecular formula is C17H15BrO2. The highest BCUT2D eigenvalue weighted by molar-refractivity contribution is 9.10. The van der Waals surface area contributed by atoms with E-state index >= 15 is 0 Å². The lowest BCUT2D eigenvalue weighted by Crippen LogP contribution is -2.01. The minimum absolute atomic E-state index is 0.570. The molecule has 0 aliphatic rings. The molecule has 0 bridgehead atoms. The zero-order valence-corrected chi connectivity index (χ0v) is 12.9. The van der Waals surface area contributed by atoms with Crippen molar-refractivity contribution in [3.63, 3.8) is 0 Å². The first-order valence-electron chi connectivity index (χ1n) is 6.50. The Bertz CT molecular complexity index is 774. The summed E-state index contributed by atoms with van der Waals surface area (Å²) in [6.07, 6.45) is -0.741. The van der Waals surface area contributed by atoms with E-state index in [1.807, 2.05) is 56.3 Å². The van der Waals surface area contributed by atoms with E-state index < -0.39 is 6.10 Å². The number of benzene rings is 2. The molecule has 0 saturated carbocycles. The number of hydrogen-bond donors (Lipinski definition) is 1. The van der Waals surface area contributed by atoms with Crippen molar-refractivity contribution in [1.82, 2.24) is 0 Å². The molecule has 0 aliphatic heterocycles. The lowest BCUT2D eigenvalue weighted by atomic mass is 9.98. The second-order valence-corrected chi connectivity index (χ2v) is 5.85. The van der Waals surface area contributed by atoms with Crippen LogP contribution in [0.5, 0.6) is 0 Å². The highest BCUT2D eigenvalue weighted by Crippen LogP contribution is 2.33. The van der Waals surface area contributed by atoms with Crippen LogP contribution in [-0.4, -0.2) is 5.11 Å². The molecule has 3 aromatic rings. The molecule has 1 atom stereocenters. The van der Waals surface area contributed by atoms with Gasteiger partial charge in [0.1, 0.15) is 17.4 Å². The number of aliphatic hydroxyl groups is 1. The zero-order chi connectivity index (χ0) is 14.3. The molecule has 2 aromatic carbocycles. The van der Waals surface area contributed by atoms with E-state index in [4.69, 9.17) is 4.42 Å². The van der Waals surface area contributed by atoms with Crippen molar-refractivity contribution < 1.29 is 9.52 Å². The molecule has 20 heavy (non-hydrogen) atoms. The lowest BCUT2D eigenvalue weighted by molar-refractivity contribution is 0.191. The van der Waals surface area contributed by atoms with Gasteiger partial charge in [0.2, 0.25) is 0 Å². The third-order valence-corrected chi connectivity index (χ3v) is 4.35. The average Bonchev–Trinajstić information content (AvgIpc) is 2.87. The first-order valence-corrected chi connectivity index (χ1v) is 7.29. The Labute approximate surface area is 126 Å². The van der Waals surface area contributed by atoms with Crippen LogP contribution in [0.4, 0.5) is 0 Å². The average molecular weight is 331 g/mol. The number of furan rings is 1. The van der Waals surface area contributed by atoms with E-state index in [9.17, 15) is 5.11 Å². The Kier molecular flexibility index (Phi) is 3.40. The summed E-state index contributed by atoms with van der Waals surface area (Å²) in [5.74, 6) is 0.570. The van der Waals surface area contributed by atoms with Gasteiger partial charge in [-0.05, 0) is 58.6 Å². The highest BCUT2D eigenvalue weighted by atomic mass is 79.9. The largest absolute Gasteiger partial charge is 0.457 e. The maximum absolute atomic E-state index is 10.6. The molecular weight excluding hydrogens is 316 g/mol. The van der Waals surface area contributed by atoms with E-state index in [-0.39, 0.29) is 0 Å². The molecule has 1 aromatic heterocycles. The molecule has 2 nitrogen and oxygen atoms in total. The predicted molar refractivity (Wildman–Crippen MR) is 83.9 cm³/mol. The van der Waals surface area contributed by atoms with Crippen molar-refractivity contribution in [3.8, 4) is 0 Å². The Morgan fingerprint density at radius 1 is 1.10 bits per heavy atom. The van der Waals surface area contributed by atoms with Gasteiger partial charge < -0.3 is 9.52 Å². The van der Waals surface area contributed by atoms with Crippen LogP contribution in [0.2, 0.25) is 0 Å². The van der Waals surface area contributed by atoms with Crippen LogP contribution < -0.4 is 0 Å². The molecule has 1 N–H and O–H groups in total. The molecule has 0 saturated heterocycles. The van der Waals surface area contributed by atoms with Gasteiger partial charge in [0, 0.05) is 5.39 Å². The van der Waals surface area contributed by atoms with Gasteiger partial charge in [0.05, 0.1) is 4.47 Å². The van der Waals surface area contributed by atoms with E-state index in [0.717, 1.165) is 26.6 Å². The zero-order valence-electron chi connectivity index (χ0n) is 11.4. The lowest BCUT2D eigenvalue weighted by Gasteiger charge is -2.13. The number of rotatable bonds is 2. The first kappa shape index (κ1) is 13.4. The molecule has 0 amide bonds. The second kappa shape index (κ2) is 5.08. The molecule has 3 rings (SSSR count). The topological polar surface area (TPSA) is 33.4 Å².